The van der Waals surface area contributed by atoms with Crippen molar-refractivity contribution in [2.75, 3.05) is 0 Å². The number of nitrogens with zero attached hydrogens (tertiary/aromatic N) is 1. The van der Waals surface area contributed by atoms with Gasteiger partial charge in [-0.15, -0.1) is 0 Å². The predicted molar refractivity (Wildman–Crippen MR) is 81.5 cm³/mol. The van der Waals surface area contributed by atoms with Crippen LogP contribution in [0.1, 0.15) is 63.4 Å². The molecule has 1 aliphatic carbocycles. The molecule has 1 aliphatic rings. The van der Waals surface area contributed by atoms with Crippen molar-refractivity contribution in [3.63, 3.8) is 0 Å². The molecule has 0 aliphatic heterocycles. The Labute approximate surface area is 123 Å². The van der Waals surface area contributed by atoms with Gasteiger partial charge in [0.1, 0.15) is 10.5 Å². The van der Waals surface area contributed by atoms with Gasteiger partial charge in [-0.3, -0.25) is 0 Å². The summed E-state index contributed by atoms with van der Waals surface area (Å²) in [4.78, 5) is 8.11. The smallest absolute Gasteiger partial charge is 0.144 e. The lowest BCUT2D eigenvalue weighted by Crippen LogP contribution is -2.12. The quantitative estimate of drug-likeness (QED) is 0.777. The van der Waals surface area contributed by atoms with Crippen LogP contribution in [0, 0.1) is 10.6 Å². The minimum Gasteiger partial charge on any atom is -0.346 e. The molecule has 4 heteroatoms. The van der Waals surface area contributed by atoms with Gasteiger partial charge in [0.2, 0.25) is 0 Å². The molecule has 18 heavy (non-hydrogen) atoms. The third-order valence-electron chi connectivity index (χ3n) is 3.56. The van der Waals surface area contributed by atoms with Gasteiger partial charge in [-0.25, -0.2) is 4.98 Å². The van der Waals surface area contributed by atoms with Crippen LogP contribution >= 0.6 is 28.1 Å². The van der Waals surface area contributed by atoms with Crippen LogP contribution in [0.4, 0.5) is 0 Å². The van der Waals surface area contributed by atoms with Crippen molar-refractivity contribution in [3.05, 3.63) is 20.6 Å². The van der Waals surface area contributed by atoms with E-state index in [1.54, 1.807) is 0 Å². The predicted octanol–water partition coefficient (Wildman–Crippen LogP) is 5.15. The fourth-order valence-electron chi connectivity index (χ4n) is 2.64. The average Bonchev–Trinajstić information content (AvgIpc) is 2.35. The highest BCUT2D eigenvalue weighted by Gasteiger charge is 2.19. The summed E-state index contributed by atoms with van der Waals surface area (Å²) in [6.07, 6.45) is 7.53. The second-order valence-electron chi connectivity index (χ2n) is 5.65. The van der Waals surface area contributed by atoms with Crippen LogP contribution in [-0.4, -0.2) is 9.97 Å². The van der Waals surface area contributed by atoms with Gasteiger partial charge in [0.15, 0.2) is 0 Å². The summed E-state index contributed by atoms with van der Waals surface area (Å²) in [6, 6.07) is 0. The van der Waals surface area contributed by atoms with Gasteiger partial charge in [-0.2, -0.15) is 0 Å². The topological polar surface area (TPSA) is 28.7 Å². The van der Waals surface area contributed by atoms with Crippen LogP contribution in [0.5, 0.6) is 0 Å². The van der Waals surface area contributed by atoms with Crippen LogP contribution < -0.4 is 0 Å². The Morgan fingerprint density at radius 3 is 2.61 bits per heavy atom. The Bertz CT molecular complexity index is 461. The Morgan fingerprint density at radius 1 is 1.33 bits per heavy atom. The van der Waals surface area contributed by atoms with E-state index in [1.165, 1.54) is 37.8 Å². The third-order valence-corrected chi connectivity index (χ3v) is 4.97. The van der Waals surface area contributed by atoms with Crippen LogP contribution in [0.25, 0.3) is 0 Å². The fraction of sp³-hybridized carbons (Fsp3) is 0.714. The molecular weight excluding hydrogens is 308 g/mol. The van der Waals surface area contributed by atoms with Crippen molar-refractivity contribution in [3.8, 4) is 0 Å². The van der Waals surface area contributed by atoms with Gasteiger partial charge in [-0.1, -0.05) is 45.3 Å². The minimum atomic E-state index is 0.583. The second kappa shape index (κ2) is 6.29. The van der Waals surface area contributed by atoms with Crippen molar-refractivity contribution < 1.29 is 0 Å². The van der Waals surface area contributed by atoms with E-state index >= 15 is 0 Å². The molecule has 1 N–H and O–H groups in total. The summed E-state index contributed by atoms with van der Waals surface area (Å²) in [5.74, 6) is 2.31. The summed E-state index contributed by atoms with van der Waals surface area (Å²) in [7, 11) is 0. The third kappa shape index (κ3) is 3.41. The first kappa shape index (κ1) is 14.2. The van der Waals surface area contributed by atoms with E-state index in [9.17, 15) is 0 Å². The van der Waals surface area contributed by atoms with Crippen molar-refractivity contribution in [1.29, 1.82) is 0 Å². The fourth-order valence-corrected chi connectivity index (χ4v) is 3.21. The molecule has 100 valence electrons. The molecule has 0 saturated heterocycles. The number of H-pyrrole nitrogens is 1. The number of nitrogens with one attached hydrogen (secondary N) is 1. The summed E-state index contributed by atoms with van der Waals surface area (Å²) >= 11 is 8.94. The standard InChI is InChI=1S/C14H21BrN2S/c1-9(2)8-11-12(15)14(18)17-13(16-11)10-6-4-3-5-7-10/h9-10H,3-8H2,1-2H3,(H,16,17,18). The van der Waals surface area contributed by atoms with Crippen LogP contribution in [-0.2, 0) is 6.42 Å². The van der Waals surface area contributed by atoms with Crippen LogP contribution in [0.15, 0.2) is 4.47 Å². The largest absolute Gasteiger partial charge is 0.346 e. The zero-order valence-electron chi connectivity index (χ0n) is 11.1. The molecule has 0 bridgehead atoms. The first-order chi connectivity index (χ1) is 8.58. The summed E-state index contributed by atoms with van der Waals surface area (Å²) in [5.41, 5.74) is 1.21. The monoisotopic (exact) mass is 328 g/mol. The van der Waals surface area contributed by atoms with Gasteiger partial charge in [0.05, 0.1) is 4.47 Å². The van der Waals surface area contributed by atoms with Gasteiger partial charge in [-0.05, 0) is 41.1 Å². The highest BCUT2D eigenvalue weighted by atomic mass is 79.9. The van der Waals surface area contributed by atoms with Crippen molar-refractivity contribution in [2.45, 2.75) is 58.3 Å². The Morgan fingerprint density at radius 2 is 2.00 bits per heavy atom. The molecule has 1 fully saturated rings. The van der Waals surface area contributed by atoms with Crippen molar-refractivity contribution in [2.24, 2.45) is 5.92 Å². The Balaban J connectivity index is 2.30. The van der Waals surface area contributed by atoms with Gasteiger partial charge >= 0.3 is 0 Å². The molecule has 2 rings (SSSR count). The zero-order chi connectivity index (χ0) is 13.1. The Kier molecular flexibility index (Phi) is 4.96. The molecule has 0 unspecified atom stereocenters. The maximum absolute atomic E-state index is 5.37. The minimum absolute atomic E-state index is 0.583. The van der Waals surface area contributed by atoms with Gasteiger partial charge in [0, 0.05) is 11.6 Å². The molecule has 0 atom stereocenters. The molecule has 0 amide bonds. The number of rotatable bonds is 3. The molecular formula is C14H21BrN2S. The van der Waals surface area contributed by atoms with Gasteiger partial charge < -0.3 is 4.98 Å². The molecule has 1 heterocycles. The lowest BCUT2D eigenvalue weighted by Gasteiger charge is -2.22. The van der Waals surface area contributed by atoms with E-state index in [0.717, 1.165) is 16.7 Å². The number of hydrogen-bond acceptors (Lipinski definition) is 2. The molecule has 1 aromatic rings. The van der Waals surface area contributed by atoms with Crippen molar-refractivity contribution >= 4 is 28.1 Å². The van der Waals surface area contributed by atoms with E-state index in [4.69, 9.17) is 12.2 Å². The summed E-state index contributed by atoms with van der Waals surface area (Å²) < 4.78 is 1.69. The van der Waals surface area contributed by atoms with Crippen molar-refractivity contribution in [1.82, 2.24) is 9.97 Å². The normalized spacial score (nSPS) is 17.3. The Hall–Kier alpha value is -0.220. The number of hydrogen-bond donors (Lipinski definition) is 1. The van der Waals surface area contributed by atoms with Crippen LogP contribution in [0.3, 0.4) is 0 Å². The zero-order valence-corrected chi connectivity index (χ0v) is 13.5. The number of halogens is 1. The highest BCUT2D eigenvalue weighted by molar-refractivity contribution is 9.10. The first-order valence-electron chi connectivity index (χ1n) is 6.86. The maximum Gasteiger partial charge on any atom is 0.144 e. The van der Waals surface area contributed by atoms with E-state index in [-0.39, 0.29) is 0 Å². The lowest BCUT2D eigenvalue weighted by molar-refractivity contribution is 0.426. The molecule has 0 spiro atoms. The molecule has 1 aromatic heterocycles. The summed E-state index contributed by atoms with van der Waals surface area (Å²) in [5, 5.41) is 0. The molecule has 2 nitrogen and oxygen atoms in total. The van der Waals surface area contributed by atoms with E-state index in [2.05, 4.69) is 39.7 Å². The van der Waals surface area contributed by atoms with Gasteiger partial charge in [0.25, 0.3) is 0 Å². The van der Waals surface area contributed by atoms with E-state index < -0.39 is 0 Å². The number of aromatic nitrogens is 2. The highest BCUT2D eigenvalue weighted by Crippen LogP contribution is 2.32. The first-order valence-corrected chi connectivity index (χ1v) is 8.06. The second-order valence-corrected chi connectivity index (χ2v) is 6.83. The van der Waals surface area contributed by atoms with E-state index in [0.29, 0.717) is 16.5 Å². The number of aromatic amines is 1. The van der Waals surface area contributed by atoms with Crippen LogP contribution in [0.2, 0.25) is 0 Å². The lowest BCUT2D eigenvalue weighted by atomic mass is 9.88. The summed E-state index contributed by atoms with van der Waals surface area (Å²) in [6.45, 7) is 4.45. The molecule has 0 aromatic carbocycles. The SMILES string of the molecule is CC(C)Cc1[nH]c(C2CCCCC2)nc(=S)c1Br. The molecule has 1 saturated carbocycles. The average molecular weight is 329 g/mol. The van der Waals surface area contributed by atoms with E-state index in [1.807, 2.05) is 0 Å². The molecule has 0 radical (unpaired) electrons. The maximum atomic E-state index is 5.37.